The maximum absolute atomic E-state index is 13.2. The van der Waals surface area contributed by atoms with Gasteiger partial charge < -0.3 is 4.90 Å². The lowest BCUT2D eigenvalue weighted by Gasteiger charge is -2.38. The molecular formula is C21H28FN5O3S. The van der Waals surface area contributed by atoms with Crippen molar-refractivity contribution in [3.63, 3.8) is 0 Å². The van der Waals surface area contributed by atoms with Crippen LogP contribution in [0, 0.1) is 11.7 Å². The van der Waals surface area contributed by atoms with Gasteiger partial charge in [-0.3, -0.25) is 14.4 Å². The fourth-order valence-corrected chi connectivity index (χ4v) is 5.84. The van der Waals surface area contributed by atoms with Gasteiger partial charge in [-0.2, -0.15) is 9.40 Å². The second kappa shape index (κ2) is 9.05. The number of hydrogen-bond donors (Lipinski definition) is 0. The molecule has 8 nitrogen and oxygen atoms in total. The van der Waals surface area contributed by atoms with Crippen LogP contribution < -0.4 is 0 Å². The second-order valence-electron chi connectivity index (χ2n) is 8.28. The SMILES string of the molecule is Cn1cc(CN2CCN(C(=O)[C@H]3CCCN(S(=O)(=O)c4ccc(F)cc4)C3)CC2)cn1. The van der Waals surface area contributed by atoms with Gasteiger partial charge in [0, 0.05) is 64.6 Å². The first-order chi connectivity index (χ1) is 14.8. The molecule has 0 aliphatic carbocycles. The van der Waals surface area contributed by atoms with Crippen molar-refractivity contribution in [1.29, 1.82) is 0 Å². The first kappa shape index (κ1) is 21.9. The molecule has 2 saturated heterocycles. The molecule has 1 aromatic heterocycles. The maximum atomic E-state index is 13.2. The number of carbonyl (C=O) groups excluding carboxylic acids is 1. The third-order valence-electron chi connectivity index (χ3n) is 6.03. The van der Waals surface area contributed by atoms with Crippen LogP contribution in [0.2, 0.25) is 0 Å². The van der Waals surface area contributed by atoms with Crippen LogP contribution in [-0.4, -0.2) is 77.5 Å². The van der Waals surface area contributed by atoms with Gasteiger partial charge in [0.15, 0.2) is 0 Å². The number of aryl methyl sites for hydroxylation is 1. The molecule has 0 saturated carbocycles. The van der Waals surface area contributed by atoms with Crippen molar-refractivity contribution in [2.24, 2.45) is 13.0 Å². The number of benzene rings is 1. The minimum Gasteiger partial charge on any atom is -0.340 e. The van der Waals surface area contributed by atoms with E-state index in [2.05, 4.69) is 10.00 Å². The smallest absolute Gasteiger partial charge is 0.243 e. The van der Waals surface area contributed by atoms with Gasteiger partial charge >= 0.3 is 0 Å². The predicted molar refractivity (Wildman–Crippen MR) is 113 cm³/mol. The number of hydrogen-bond acceptors (Lipinski definition) is 5. The molecule has 1 atom stereocenters. The van der Waals surface area contributed by atoms with Crippen molar-refractivity contribution in [2.45, 2.75) is 24.3 Å². The van der Waals surface area contributed by atoms with E-state index in [1.807, 2.05) is 24.3 Å². The van der Waals surface area contributed by atoms with Crippen LogP contribution in [0.4, 0.5) is 4.39 Å². The number of halogens is 1. The van der Waals surface area contributed by atoms with Gasteiger partial charge in [-0.05, 0) is 37.1 Å². The molecule has 2 fully saturated rings. The Labute approximate surface area is 182 Å². The lowest BCUT2D eigenvalue weighted by molar-refractivity contribution is -0.138. The maximum Gasteiger partial charge on any atom is 0.243 e. The summed E-state index contributed by atoms with van der Waals surface area (Å²) in [6.45, 7) is 4.20. The number of aromatic nitrogens is 2. The summed E-state index contributed by atoms with van der Waals surface area (Å²) < 4.78 is 42.2. The van der Waals surface area contributed by atoms with Crippen LogP contribution >= 0.6 is 0 Å². The second-order valence-corrected chi connectivity index (χ2v) is 10.2. The van der Waals surface area contributed by atoms with Crippen molar-refractivity contribution >= 4 is 15.9 Å². The Hall–Kier alpha value is -2.30. The predicted octanol–water partition coefficient (Wildman–Crippen LogP) is 1.30. The Morgan fingerprint density at radius 2 is 1.84 bits per heavy atom. The molecule has 31 heavy (non-hydrogen) atoms. The molecule has 2 aliphatic heterocycles. The normalized spacial score (nSPS) is 21.4. The number of carbonyl (C=O) groups is 1. The third kappa shape index (κ3) is 4.97. The van der Waals surface area contributed by atoms with Crippen LogP contribution in [0.5, 0.6) is 0 Å². The van der Waals surface area contributed by atoms with E-state index < -0.39 is 15.8 Å². The highest BCUT2D eigenvalue weighted by molar-refractivity contribution is 7.89. The molecule has 0 spiro atoms. The van der Waals surface area contributed by atoms with Crippen molar-refractivity contribution in [3.05, 3.63) is 48.0 Å². The van der Waals surface area contributed by atoms with Gasteiger partial charge in [-0.25, -0.2) is 12.8 Å². The molecule has 0 unspecified atom stereocenters. The molecule has 4 rings (SSSR count). The number of sulfonamides is 1. The fourth-order valence-electron chi connectivity index (χ4n) is 4.31. The monoisotopic (exact) mass is 449 g/mol. The van der Waals surface area contributed by atoms with Gasteiger partial charge in [0.2, 0.25) is 15.9 Å². The van der Waals surface area contributed by atoms with Crippen molar-refractivity contribution < 1.29 is 17.6 Å². The van der Waals surface area contributed by atoms with Gasteiger partial charge in [0.1, 0.15) is 5.82 Å². The summed E-state index contributed by atoms with van der Waals surface area (Å²) in [5.74, 6) is -0.790. The van der Waals surface area contributed by atoms with Crippen molar-refractivity contribution in [2.75, 3.05) is 39.3 Å². The summed E-state index contributed by atoms with van der Waals surface area (Å²) in [6.07, 6.45) is 5.17. The van der Waals surface area contributed by atoms with E-state index in [1.54, 1.807) is 4.68 Å². The third-order valence-corrected chi connectivity index (χ3v) is 7.91. The van der Waals surface area contributed by atoms with Gasteiger partial charge in [0.05, 0.1) is 17.0 Å². The van der Waals surface area contributed by atoms with Crippen LogP contribution in [0.25, 0.3) is 0 Å². The number of rotatable bonds is 5. The molecule has 0 radical (unpaired) electrons. The molecule has 1 aromatic carbocycles. The zero-order valence-electron chi connectivity index (χ0n) is 17.7. The molecular weight excluding hydrogens is 421 g/mol. The molecule has 3 heterocycles. The topological polar surface area (TPSA) is 78.8 Å². The number of nitrogens with zero attached hydrogens (tertiary/aromatic N) is 5. The van der Waals surface area contributed by atoms with E-state index >= 15 is 0 Å². The highest BCUT2D eigenvalue weighted by atomic mass is 32.2. The van der Waals surface area contributed by atoms with Crippen LogP contribution in [0.3, 0.4) is 0 Å². The summed E-state index contributed by atoms with van der Waals surface area (Å²) in [5.41, 5.74) is 1.15. The number of piperazine rings is 1. The average molecular weight is 450 g/mol. The van der Waals surface area contributed by atoms with Crippen molar-refractivity contribution in [1.82, 2.24) is 23.9 Å². The first-order valence-corrected chi connectivity index (χ1v) is 12.0. The lowest BCUT2D eigenvalue weighted by atomic mass is 9.97. The standard InChI is InChI=1S/C21H28FN5O3S/c1-24-14-17(13-23-24)15-25-9-11-26(12-10-25)21(28)18-3-2-8-27(16-18)31(29,30)20-6-4-19(22)5-7-20/h4-7,13-14,18H,2-3,8-12,15-16H2,1H3/t18-/m0/s1. The van der Waals surface area contributed by atoms with Crippen molar-refractivity contribution in [3.8, 4) is 0 Å². The Morgan fingerprint density at radius 3 is 2.48 bits per heavy atom. The highest BCUT2D eigenvalue weighted by Gasteiger charge is 2.35. The average Bonchev–Trinajstić information content (AvgIpc) is 3.18. The summed E-state index contributed by atoms with van der Waals surface area (Å²) in [5, 5.41) is 4.19. The number of amides is 1. The summed E-state index contributed by atoms with van der Waals surface area (Å²) in [7, 11) is -1.84. The van der Waals surface area contributed by atoms with E-state index in [4.69, 9.17) is 0 Å². The fraction of sp³-hybridized carbons (Fsp3) is 0.524. The molecule has 10 heteroatoms. The minimum atomic E-state index is -3.74. The van der Waals surface area contributed by atoms with E-state index in [0.29, 0.717) is 32.5 Å². The molecule has 2 aromatic rings. The Kier molecular flexibility index (Phi) is 6.40. The molecule has 0 bridgehead atoms. The van der Waals surface area contributed by atoms with Crippen LogP contribution in [-0.2, 0) is 28.4 Å². The highest BCUT2D eigenvalue weighted by Crippen LogP contribution is 2.25. The minimum absolute atomic E-state index is 0.0278. The molecule has 0 N–H and O–H groups in total. The lowest BCUT2D eigenvalue weighted by Crippen LogP contribution is -2.52. The first-order valence-electron chi connectivity index (χ1n) is 10.6. The van der Waals surface area contributed by atoms with E-state index in [-0.39, 0.29) is 23.3 Å². The molecule has 168 valence electrons. The van der Waals surface area contributed by atoms with Gasteiger partial charge in [-0.1, -0.05) is 0 Å². The Bertz CT molecular complexity index is 1020. The van der Waals surface area contributed by atoms with Crippen LogP contribution in [0.1, 0.15) is 18.4 Å². The summed E-state index contributed by atoms with van der Waals surface area (Å²) >= 11 is 0. The zero-order valence-corrected chi connectivity index (χ0v) is 18.5. The van der Waals surface area contributed by atoms with E-state index in [0.717, 1.165) is 37.3 Å². The molecule has 1 amide bonds. The van der Waals surface area contributed by atoms with Gasteiger partial charge in [0.25, 0.3) is 0 Å². The zero-order chi connectivity index (χ0) is 22.0. The summed E-state index contributed by atoms with van der Waals surface area (Å²) in [6, 6.07) is 4.84. The summed E-state index contributed by atoms with van der Waals surface area (Å²) in [4.78, 5) is 17.3. The van der Waals surface area contributed by atoms with Gasteiger partial charge in [-0.15, -0.1) is 0 Å². The van der Waals surface area contributed by atoms with E-state index in [9.17, 15) is 17.6 Å². The Balaban J connectivity index is 1.34. The Morgan fingerprint density at radius 1 is 1.13 bits per heavy atom. The quantitative estimate of drug-likeness (QED) is 0.688. The largest absolute Gasteiger partial charge is 0.340 e. The van der Waals surface area contributed by atoms with E-state index in [1.165, 1.54) is 16.4 Å². The van der Waals surface area contributed by atoms with Crippen LogP contribution in [0.15, 0.2) is 41.6 Å². The number of piperidine rings is 1. The molecule has 2 aliphatic rings.